The summed E-state index contributed by atoms with van der Waals surface area (Å²) >= 11 is 0. The first-order chi connectivity index (χ1) is 9.20. The first-order valence-corrected chi connectivity index (χ1v) is 5.52. The van der Waals surface area contributed by atoms with Crippen LogP contribution in [0.25, 0.3) is 0 Å². The summed E-state index contributed by atoms with van der Waals surface area (Å²) in [6, 6.07) is 0. The van der Waals surface area contributed by atoms with Gasteiger partial charge in [-0.2, -0.15) is 0 Å². The first-order valence-electron chi connectivity index (χ1n) is 5.52. The monoisotopic (exact) mass is 414 g/mol. The number of hydrogen-bond acceptors (Lipinski definition) is 6. The zero-order valence-corrected chi connectivity index (χ0v) is 20.5. The van der Waals surface area contributed by atoms with Crippen molar-refractivity contribution in [1.29, 1.82) is 0 Å². The molecule has 4 radical (unpaired) electrons. The van der Waals surface area contributed by atoms with Crippen LogP contribution in [-0.2, 0) is 19.2 Å². The number of aliphatic carboxylic acids is 4. The molecule has 0 bridgehead atoms. The maximum atomic E-state index is 10.6. The Labute approximate surface area is 217 Å². The van der Waals surface area contributed by atoms with E-state index < -0.39 is 50.1 Å². The van der Waals surface area contributed by atoms with Gasteiger partial charge >= 0.3 is 23.9 Å². The zero-order chi connectivity index (χ0) is 15.7. The number of hydrogen-bond donors (Lipinski definition) is 4. The van der Waals surface area contributed by atoms with Gasteiger partial charge in [-0.1, -0.05) is 0 Å². The molecule has 0 rings (SSSR count). The number of carboxylic acid groups (broad SMARTS) is 4. The summed E-state index contributed by atoms with van der Waals surface area (Å²) in [6.45, 7) is -2.25. The topological polar surface area (TPSA) is 219 Å². The third kappa shape index (κ3) is 27.3. The van der Waals surface area contributed by atoms with Gasteiger partial charge in [0.1, 0.15) is 0 Å². The van der Waals surface area contributed by atoms with E-state index in [9.17, 15) is 19.2 Å². The van der Waals surface area contributed by atoms with Crippen molar-refractivity contribution >= 4 is 121 Å². The van der Waals surface area contributed by atoms with E-state index in [2.05, 4.69) is 0 Å². The van der Waals surface area contributed by atoms with Gasteiger partial charge < -0.3 is 31.4 Å². The minimum atomic E-state index is -1.23. The Kier molecular flexibility index (Phi) is 37.4. The third-order valence-electron chi connectivity index (χ3n) is 2.17. The van der Waals surface area contributed by atoms with E-state index in [-0.39, 0.29) is 121 Å². The number of nitrogens with zero attached hydrogens (tertiary/aromatic N) is 2. The predicted octanol–water partition coefficient (Wildman–Crippen LogP) is -4.86. The molecule has 25 heavy (non-hydrogen) atoms. The maximum Gasteiger partial charge on any atom is 0.317 e. The summed E-state index contributed by atoms with van der Waals surface area (Å²) in [7, 11) is 0. The van der Waals surface area contributed by atoms with Crippen molar-refractivity contribution in [3.05, 3.63) is 0 Å². The van der Waals surface area contributed by atoms with Crippen molar-refractivity contribution < 1.29 is 50.6 Å². The summed E-state index contributed by atoms with van der Waals surface area (Å²) in [5, 5.41) is 34.5. The fourth-order valence-corrected chi connectivity index (χ4v) is 1.48. The average molecular weight is 414 g/mol. The second-order valence-electron chi connectivity index (χ2n) is 4.00. The van der Waals surface area contributed by atoms with Crippen molar-refractivity contribution in [2.24, 2.45) is 0 Å². The molecule has 0 heterocycles. The Balaban J connectivity index is -0.000000180. The second-order valence-corrected chi connectivity index (χ2v) is 4.00. The summed E-state index contributed by atoms with van der Waals surface area (Å²) < 4.78 is 0. The van der Waals surface area contributed by atoms with Crippen molar-refractivity contribution in [3.63, 3.8) is 0 Å². The van der Waals surface area contributed by atoms with Crippen LogP contribution in [0, 0.1) is 0 Å². The average Bonchev–Trinajstić information content (AvgIpc) is 2.22. The maximum absolute atomic E-state index is 10.6. The Bertz CT molecular complexity index is 334. The van der Waals surface area contributed by atoms with E-state index in [0.717, 1.165) is 9.80 Å². The van der Waals surface area contributed by atoms with Gasteiger partial charge in [0.2, 0.25) is 0 Å². The second kappa shape index (κ2) is 23.0. The van der Waals surface area contributed by atoms with Crippen molar-refractivity contribution in [2.45, 2.75) is 0 Å². The van der Waals surface area contributed by atoms with Crippen LogP contribution >= 0.6 is 0 Å². The van der Waals surface area contributed by atoms with E-state index in [1.807, 2.05) is 0 Å². The molecule has 0 aromatic heterocycles. The van der Waals surface area contributed by atoms with Gasteiger partial charge in [-0.05, 0) is 0 Å². The van der Waals surface area contributed by atoms with Gasteiger partial charge in [-0.25, -0.2) is 0 Å². The minimum absolute atomic E-state index is 0. The molecular formula is C10H20CaN2Na2O10. The quantitative estimate of drug-likeness (QED) is 0.236. The van der Waals surface area contributed by atoms with Gasteiger partial charge in [-0.15, -0.1) is 0 Å². The van der Waals surface area contributed by atoms with Gasteiger partial charge in [-0.3, -0.25) is 29.0 Å². The zero-order valence-electron chi connectivity index (χ0n) is 14.3. The first kappa shape index (κ1) is 40.6. The van der Waals surface area contributed by atoms with Crippen molar-refractivity contribution in [2.75, 3.05) is 39.3 Å². The largest absolute Gasteiger partial charge is 0.480 e. The van der Waals surface area contributed by atoms with E-state index in [1.165, 1.54) is 0 Å². The molecular weight excluding hydrogens is 394 g/mol. The van der Waals surface area contributed by atoms with Crippen LogP contribution in [0.3, 0.4) is 0 Å². The standard InChI is InChI=1S/C10H16N2O8.Ca.2Na.2H2O/c13-7(14)3-11(4-8(15)16)1-2-12(5-9(17)18)6-10(19)20;;;;;/h1-6H2,(H,13,14)(H,15,16)(H,17,18)(H,19,20);;;;2*1H2. The molecule has 0 aliphatic rings. The molecule has 0 amide bonds. The Morgan fingerprint density at radius 1 is 0.560 bits per heavy atom. The Hall–Kier alpha value is 0.980. The molecule has 0 aromatic carbocycles. The smallest absolute Gasteiger partial charge is 0.317 e. The van der Waals surface area contributed by atoms with Crippen LogP contribution in [0.1, 0.15) is 0 Å². The molecule has 0 saturated carbocycles. The molecule has 134 valence electrons. The van der Waals surface area contributed by atoms with E-state index in [1.54, 1.807) is 0 Å². The van der Waals surface area contributed by atoms with Crippen molar-refractivity contribution in [3.8, 4) is 0 Å². The summed E-state index contributed by atoms with van der Waals surface area (Å²) in [4.78, 5) is 44.4. The van der Waals surface area contributed by atoms with Gasteiger partial charge in [0.25, 0.3) is 0 Å². The number of carbonyl (C=O) groups is 4. The molecule has 0 aromatic rings. The van der Waals surface area contributed by atoms with Crippen LogP contribution in [-0.4, -0.2) is 201 Å². The molecule has 0 aliphatic heterocycles. The summed E-state index contributed by atoms with van der Waals surface area (Å²) in [5.74, 6) is -4.91. The van der Waals surface area contributed by atoms with E-state index >= 15 is 0 Å². The minimum Gasteiger partial charge on any atom is -0.480 e. The summed E-state index contributed by atoms with van der Waals surface area (Å²) in [5.41, 5.74) is 0. The van der Waals surface area contributed by atoms with Crippen LogP contribution in [0.15, 0.2) is 0 Å². The normalized spacial score (nSPS) is 8.56. The van der Waals surface area contributed by atoms with E-state index in [0.29, 0.717) is 0 Å². The predicted molar refractivity (Wildman–Crippen MR) is 87.9 cm³/mol. The number of rotatable bonds is 11. The molecule has 12 nitrogen and oxygen atoms in total. The van der Waals surface area contributed by atoms with Crippen LogP contribution in [0.4, 0.5) is 0 Å². The number of carboxylic acids is 4. The van der Waals surface area contributed by atoms with Gasteiger partial charge in [0.05, 0.1) is 26.2 Å². The molecule has 15 heteroatoms. The van der Waals surface area contributed by atoms with Crippen LogP contribution in [0.2, 0.25) is 0 Å². The molecule has 0 unspecified atom stereocenters. The van der Waals surface area contributed by atoms with Gasteiger partial charge in [0.15, 0.2) is 0 Å². The fourth-order valence-electron chi connectivity index (χ4n) is 1.48. The molecule has 0 aliphatic carbocycles. The molecule has 0 fully saturated rings. The van der Waals surface area contributed by atoms with Gasteiger partial charge in [0, 0.05) is 110 Å². The Morgan fingerprint density at radius 3 is 0.840 bits per heavy atom. The van der Waals surface area contributed by atoms with Crippen LogP contribution in [0.5, 0.6) is 0 Å². The summed E-state index contributed by atoms with van der Waals surface area (Å²) in [6.07, 6.45) is 0. The van der Waals surface area contributed by atoms with Crippen LogP contribution < -0.4 is 0 Å². The van der Waals surface area contributed by atoms with E-state index in [4.69, 9.17) is 20.4 Å². The SMILES string of the molecule is O.O.O=C(O)CN(CCN(CC(=O)O)CC(=O)O)CC(=O)O.[Ca].[Na].[Na]. The fraction of sp³-hybridized carbons (Fsp3) is 0.600. The van der Waals surface area contributed by atoms with Crippen molar-refractivity contribution in [1.82, 2.24) is 9.80 Å². The molecule has 8 N–H and O–H groups in total. The Morgan fingerprint density at radius 2 is 0.720 bits per heavy atom. The third-order valence-corrected chi connectivity index (χ3v) is 2.17. The molecule has 0 atom stereocenters. The molecule has 0 saturated heterocycles. The molecule has 0 spiro atoms.